The number of anilines is 1. The van der Waals surface area contributed by atoms with E-state index in [4.69, 9.17) is 9.15 Å². The van der Waals surface area contributed by atoms with Crippen LogP contribution in [-0.2, 0) is 4.79 Å². The highest BCUT2D eigenvalue weighted by Gasteiger charge is 2.13. The number of benzene rings is 3. The van der Waals surface area contributed by atoms with Crippen LogP contribution in [0.2, 0.25) is 0 Å². The van der Waals surface area contributed by atoms with E-state index in [1.165, 1.54) is 5.56 Å². The van der Waals surface area contributed by atoms with Crippen molar-refractivity contribution in [1.29, 1.82) is 0 Å². The molecule has 0 fully saturated rings. The Morgan fingerprint density at radius 3 is 2.57 bits per heavy atom. The summed E-state index contributed by atoms with van der Waals surface area (Å²) in [7, 11) is 0. The summed E-state index contributed by atoms with van der Waals surface area (Å²) in [5.74, 6) is 0.981. The van der Waals surface area contributed by atoms with Gasteiger partial charge in [-0.05, 0) is 86.3 Å². The molecule has 152 valence electrons. The SMILES string of the molecule is Cc1cccc(OCC(=O)Nc2cc(-c3nc4cc(C)c(C)cc4o3)ccc2C)c1. The number of nitrogens with zero attached hydrogens (tertiary/aromatic N) is 1. The normalized spacial score (nSPS) is 10.9. The highest BCUT2D eigenvalue weighted by molar-refractivity contribution is 5.93. The van der Waals surface area contributed by atoms with E-state index in [0.29, 0.717) is 17.3 Å². The van der Waals surface area contributed by atoms with Gasteiger partial charge in [-0.1, -0.05) is 18.2 Å². The van der Waals surface area contributed by atoms with Crippen LogP contribution in [0.15, 0.2) is 59.0 Å². The Morgan fingerprint density at radius 2 is 1.77 bits per heavy atom. The van der Waals surface area contributed by atoms with E-state index in [1.54, 1.807) is 0 Å². The summed E-state index contributed by atoms with van der Waals surface area (Å²) >= 11 is 0. The highest BCUT2D eigenvalue weighted by atomic mass is 16.5. The minimum absolute atomic E-state index is 0.0610. The smallest absolute Gasteiger partial charge is 0.262 e. The topological polar surface area (TPSA) is 64.4 Å². The van der Waals surface area contributed by atoms with E-state index < -0.39 is 0 Å². The second-order valence-electron chi connectivity index (χ2n) is 7.61. The third kappa shape index (κ3) is 4.20. The molecule has 0 aliphatic rings. The zero-order valence-electron chi connectivity index (χ0n) is 17.6. The molecule has 5 heteroatoms. The minimum Gasteiger partial charge on any atom is -0.484 e. The summed E-state index contributed by atoms with van der Waals surface area (Å²) in [6.07, 6.45) is 0. The molecule has 30 heavy (non-hydrogen) atoms. The molecule has 0 atom stereocenters. The number of rotatable bonds is 5. The molecule has 1 N–H and O–H groups in total. The number of aryl methyl sites for hydroxylation is 4. The van der Waals surface area contributed by atoms with Gasteiger partial charge in [-0.3, -0.25) is 4.79 Å². The molecule has 0 radical (unpaired) electrons. The summed E-state index contributed by atoms with van der Waals surface area (Å²) in [5, 5.41) is 2.92. The number of carbonyl (C=O) groups is 1. The maximum absolute atomic E-state index is 12.4. The van der Waals surface area contributed by atoms with Gasteiger partial charge >= 0.3 is 0 Å². The zero-order chi connectivity index (χ0) is 21.3. The lowest BCUT2D eigenvalue weighted by Gasteiger charge is -2.11. The van der Waals surface area contributed by atoms with Crippen molar-refractivity contribution in [3.8, 4) is 17.2 Å². The predicted molar refractivity (Wildman–Crippen MR) is 119 cm³/mol. The van der Waals surface area contributed by atoms with Crippen molar-refractivity contribution in [2.45, 2.75) is 27.7 Å². The Bertz CT molecular complexity index is 1200. The molecule has 3 aromatic carbocycles. The first kappa shape index (κ1) is 19.7. The molecule has 4 rings (SSSR count). The molecule has 0 saturated carbocycles. The summed E-state index contributed by atoms with van der Waals surface area (Å²) in [6, 6.07) is 17.4. The van der Waals surface area contributed by atoms with E-state index in [-0.39, 0.29) is 12.5 Å². The van der Waals surface area contributed by atoms with Crippen molar-refractivity contribution in [3.05, 3.63) is 76.9 Å². The lowest BCUT2D eigenvalue weighted by atomic mass is 10.1. The number of nitrogens with one attached hydrogen (secondary N) is 1. The van der Waals surface area contributed by atoms with Crippen molar-refractivity contribution in [2.75, 3.05) is 11.9 Å². The monoisotopic (exact) mass is 400 g/mol. The molecule has 1 aromatic heterocycles. The first-order valence-electron chi connectivity index (χ1n) is 9.87. The average Bonchev–Trinajstić information content (AvgIpc) is 3.11. The summed E-state index contributed by atoms with van der Waals surface area (Å²) < 4.78 is 11.6. The molecular formula is C25H24N2O3. The third-order valence-electron chi connectivity index (χ3n) is 5.12. The number of oxazole rings is 1. The van der Waals surface area contributed by atoms with Crippen molar-refractivity contribution in [1.82, 2.24) is 4.98 Å². The molecule has 4 aromatic rings. The van der Waals surface area contributed by atoms with Crippen molar-refractivity contribution in [3.63, 3.8) is 0 Å². The Hall–Kier alpha value is -3.60. The van der Waals surface area contributed by atoms with E-state index in [0.717, 1.165) is 33.4 Å². The van der Waals surface area contributed by atoms with Crippen LogP contribution in [0.25, 0.3) is 22.6 Å². The van der Waals surface area contributed by atoms with E-state index in [9.17, 15) is 4.79 Å². The standard InChI is InChI=1S/C25H24N2O3/c1-15-6-5-7-20(10-15)29-14-24(28)26-21-13-19(9-8-16(21)2)25-27-22-11-17(3)18(4)12-23(22)30-25/h5-13H,14H2,1-4H3,(H,26,28). The van der Waals surface area contributed by atoms with Gasteiger partial charge in [0.05, 0.1) is 0 Å². The number of hydrogen-bond donors (Lipinski definition) is 1. The molecule has 0 bridgehead atoms. The van der Waals surface area contributed by atoms with Crippen LogP contribution in [0.4, 0.5) is 5.69 Å². The predicted octanol–water partition coefficient (Wildman–Crippen LogP) is 5.75. The maximum atomic E-state index is 12.4. The van der Waals surface area contributed by atoms with Crippen LogP contribution >= 0.6 is 0 Å². The van der Waals surface area contributed by atoms with Gasteiger partial charge in [0.25, 0.3) is 5.91 Å². The summed E-state index contributed by atoms with van der Waals surface area (Å²) in [6.45, 7) is 7.97. The van der Waals surface area contributed by atoms with Crippen LogP contribution in [0.3, 0.4) is 0 Å². The summed E-state index contributed by atoms with van der Waals surface area (Å²) in [5.41, 5.74) is 7.47. The van der Waals surface area contributed by atoms with Gasteiger partial charge in [0, 0.05) is 11.3 Å². The van der Waals surface area contributed by atoms with Gasteiger partial charge in [0.1, 0.15) is 11.3 Å². The van der Waals surface area contributed by atoms with Crippen LogP contribution in [0.1, 0.15) is 22.3 Å². The second-order valence-corrected chi connectivity index (χ2v) is 7.61. The quantitative estimate of drug-likeness (QED) is 0.463. The van der Waals surface area contributed by atoms with E-state index >= 15 is 0 Å². The summed E-state index contributed by atoms with van der Waals surface area (Å²) in [4.78, 5) is 17.0. The largest absolute Gasteiger partial charge is 0.484 e. The average molecular weight is 400 g/mol. The Labute approximate surface area is 175 Å². The number of aromatic nitrogens is 1. The fraction of sp³-hybridized carbons (Fsp3) is 0.200. The zero-order valence-corrected chi connectivity index (χ0v) is 17.6. The number of amides is 1. The Kier molecular flexibility index (Phi) is 5.27. The van der Waals surface area contributed by atoms with E-state index in [1.807, 2.05) is 68.4 Å². The molecule has 0 aliphatic heterocycles. The molecule has 0 unspecified atom stereocenters. The first-order valence-corrected chi connectivity index (χ1v) is 9.87. The van der Waals surface area contributed by atoms with Gasteiger partial charge in [0.2, 0.25) is 5.89 Å². The van der Waals surface area contributed by atoms with Crippen LogP contribution in [0, 0.1) is 27.7 Å². The molecule has 0 aliphatic carbocycles. The van der Waals surface area contributed by atoms with Crippen LogP contribution in [0.5, 0.6) is 5.75 Å². The van der Waals surface area contributed by atoms with Gasteiger partial charge in [-0.15, -0.1) is 0 Å². The van der Waals surface area contributed by atoms with Crippen molar-refractivity contribution in [2.24, 2.45) is 0 Å². The number of carbonyl (C=O) groups excluding carboxylic acids is 1. The molecular weight excluding hydrogens is 376 g/mol. The molecule has 1 amide bonds. The fourth-order valence-corrected chi connectivity index (χ4v) is 3.23. The first-order chi connectivity index (χ1) is 14.4. The van der Waals surface area contributed by atoms with Gasteiger partial charge in [0.15, 0.2) is 12.2 Å². The second kappa shape index (κ2) is 8.03. The number of hydrogen-bond acceptors (Lipinski definition) is 4. The number of fused-ring (bicyclic) bond motifs is 1. The Morgan fingerprint density at radius 1 is 0.967 bits per heavy atom. The highest BCUT2D eigenvalue weighted by Crippen LogP contribution is 2.29. The van der Waals surface area contributed by atoms with Crippen molar-refractivity contribution < 1.29 is 13.9 Å². The molecule has 0 spiro atoms. The maximum Gasteiger partial charge on any atom is 0.262 e. The fourth-order valence-electron chi connectivity index (χ4n) is 3.23. The molecule has 0 saturated heterocycles. The lowest BCUT2D eigenvalue weighted by molar-refractivity contribution is -0.118. The van der Waals surface area contributed by atoms with Gasteiger partial charge in [-0.2, -0.15) is 0 Å². The van der Waals surface area contributed by atoms with Crippen molar-refractivity contribution >= 4 is 22.7 Å². The lowest BCUT2D eigenvalue weighted by Crippen LogP contribution is -2.20. The van der Waals surface area contributed by atoms with Crippen LogP contribution in [-0.4, -0.2) is 17.5 Å². The van der Waals surface area contributed by atoms with Gasteiger partial charge in [-0.25, -0.2) is 4.98 Å². The Balaban J connectivity index is 1.52. The minimum atomic E-state index is -0.222. The molecule has 1 heterocycles. The number of ether oxygens (including phenoxy) is 1. The van der Waals surface area contributed by atoms with Crippen LogP contribution < -0.4 is 10.1 Å². The third-order valence-corrected chi connectivity index (χ3v) is 5.12. The molecule has 5 nitrogen and oxygen atoms in total. The van der Waals surface area contributed by atoms with E-state index in [2.05, 4.69) is 24.1 Å². The van der Waals surface area contributed by atoms with Gasteiger partial charge < -0.3 is 14.5 Å².